The summed E-state index contributed by atoms with van der Waals surface area (Å²) in [6, 6.07) is 8.68. The van der Waals surface area contributed by atoms with Gasteiger partial charge in [-0.25, -0.2) is 4.98 Å². The monoisotopic (exact) mass is 313 g/mol. The molecule has 0 bridgehead atoms. The first kappa shape index (κ1) is 15.3. The third kappa shape index (κ3) is 3.08. The molecule has 0 unspecified atom stereocenters. The summed E-state index contributed by atoms with van der Waals surface area (Å²) in [4.78, 5) is 8.33. The van der Waals surface area contributed by atoms with Crippen molar-refractivity contribution in [2.75, 3.05) is 13.6 Å². The lowest BCUT2D eigenvalue weighted by atomic mass is 10.1. The van der Waals surface area contributed by atoms with E-state index < -0.39 is 0 Å². The molecule has 22 heavy (non-hydrogen) atoms. The number of rotatable bonds is 6. The summed E-state index contributed by atoms with van der Waals surface area (Å²) >= 11 is 1.70. The number of aryl methyl sites for hydroxylation is 1. The summed E-state index contributed by atoms with van der Waals surface area (Å²) in [6.45, 7) is 6.42. The molecule has 3 rings (SSSR count). The van der Waals surface area contributed by atoms with Gasteiger partial charge in [-0.05, 0) is 26.9 Å². The first-order valence-corrected chi connectivity index (χ1v) is 8.77. The fourth-order valence-corrected chi connectivity index (χ4v) is 3.42. The molecule has 2 aromatic heterocycles. The fourth-order valence-electron chi connectivity index (χ4n) is 2.69. The van der Waals surface area contributed by atoms with E-state index in [0.717, 1.165) is 23.7 Å². The van der Waals surface area contributed by atoms with Crippen molar-refractivity contribution in [3.8, 4) is 11.3 Å². The molecule has 0 aliphatic carbocycles. The Kier molecular flexibility index (Phi) is 4.60. The lowest BCUT2D eigenvalue weighted by Crippen LogP contribution is -2.20. The molecule has 0 aliphatic heterocycles. The van der Waals surface area contributed by atoms with E-state index in [1.807, 2.05) is 0 Å². The molecule has 0 fully saturated rings. The number of benzene rings is 1. The Bertz CT molecular complexity index is 739. The van der Waals surface area contributed by atoms with E-state index in [9.17, 15) is 0 Å². The minimum absolute atomic E-state index is 0.932. The Balaban J connectivity index is 1.97. The Morgan fingerprint density at radius 1 is 1.23 bits per heavy atom. The van der Waals surface area contributed by atoms with E-state index in [1.54, 1.807) is 11.3 Å². The largest absolute Gasteiger partial charge is 0.301 e. The van der Waals surface area contributed by atoms with E-state index in [0.29, 0.717) is 0 Å². The predicted octanol–water partition coefficient (Wildman–Crippen LogP) is 4.60. The molecular formula is C18H23N3S. The summed E-state index contributed by atoms with van der Waals surface area (Å²) in [5, 5.41) is 2.11. The van der Waals surface area contributed by atoms with Gasteiger partial charge in [0, 0.05) is 23.7 Å². The zero-order valence-electron chi connectivity index (χ0n) is 13.5. The molecule has 3 aromatic rings. The molecule has 2 heterocycles. The van der Waals surface area contributed by atoms with Gasteiger partial charge in [-0.2, -0.15) is 0 Å². The highest BCUT2D eigenvalue weighted by molar-refractivity contribution is 7.15. The third-order valence-corrected chi connectivity index (χ3v) is 4.76. The molecule has 116 valence electrons. The van der Waals surface area contributed by atoms with Gasteiger partial charge < -0.3 is 4.90 Å². The van der Waals surface area contributed by atoms with Crippen molar-refractivity contribution < 1.29 is 0 Å². The maximum Gasteiger partial charge on any atom is 0.194 e. The van der Waals surface area contributed by atoms with Gasteiger partial charge in [0.25, 0.3) is 0 Å². The maximum atomic E-state index is 4.86. The van der Waals surface area contributed by atoms with E-state index in [1.165, 1.54) is 29.7 Å². The van der Waals surface area contributed by atoms with Crippen molar-refractivity contribution in [2.24, 2.45) is 0 Å². The van der Waals surface area contributed by atoms with Crippen molar-refractivity contribution in [3.63, 3.8) is 0 Å². The summed E-state index contributed by atoms with van der Waals surface area (Å²) in [5.74, 6) is 0. The van der Waals surface area contributed by atoms with Crippen LogP contribution >= 0.6 is 11.3 Å². The van der Waals surface area contributed by atoms with Gasteiger partial charge in [0.05, 0.1) is 11.4 Å². The SMILES string of the molecule is CCCCN(C)Cc1c(-c2ccc(C)cc2)nc2sccn12. The van der Waals surface area contributed by atoms with Crippen LogP contribution in [0.2, 0.25) is 0 Å². The van der Waals surface area contributed by atoms with Gasteiger partial charge in [0.1, 0.15) is 0 Å². The second kappa shape index (κ2) is 6.63. The van der Waals surface area contributed by atoms with Crippen molar-refractivity contribution in [2.45, 2.75) is 33.2 Å². The minimum atomic E-state index is 0.932. The van der Waals surface area contributed by atoms with Crippen LogP contribution in [0.4, 0.5) is 0 Å². The van der Waals surface area contributed by atoms with Crippen LogP contribution in [-0.2, 0) is 6.54 Å². The smallest absolute Gasteiger partial charge is 0.194 e. The van der Waals surface area contributed by atoms with Gasteiger partial charge in [0.2, 0.25) is 0 Å². The maximum absolute atomic E-state index is 4.86. The second-order valence-electron chi connectivity index (χ2n) is 5.92. The molecule has 0 saturated heterocycles. The first-order valence-electron chi connectivity index (χ1n) is 7.89. The van der Waals surface area contributed by atoms with Crippen LogP contribution in [-0.4, -0.2) is 27.9 Å². The lowest BCUT2D eigenvalue weighted by Gasteiger charge is -2.16. The lowest BCUT2D eigenvalue weighted by molar-refractivity contribution is 0.316. The summed E-state index contributed by atoms with van der Waals surface area (Å²) in [6.07, 6.45) is 4.60. The normalized spacial score (nSPS) is 11.6. The van der Waals surface area contributed by atoms with Crippen LogP contribution in [0.5, 0.6) is 0 Å². The average Bonchev–Trinajstić information content (AvgIpc) is 3.09. The van der Waals surface area contributed by atoms with Crippen LogP contribution in [0.15, 0.2) is 35.8 Å². The molecule has 0 atom stereocenters. The van der Waals surface area contributed by atoms with Crippen LogP contribution in [0.3, 0.4) is 0 Å². The van der Waals surface area contributed by atoms with Gasteiger partial charge in [-0.15, -0.1) is 11.3 Å². The Morgan fingerprint density at radius 2 is 2.00 bits per heavy atom. The zero-order valence-corrected chi connectivity index (χ0v) is 14.4. The Morgan fingerprint density at radius 3 is 2.73 bits per heavy atom. The minimum Gasteiger partial charge on any atom is -0.301 e. The van der Waals surface area contributed by atoms with Crippen molar-refractivity contribution in [1.82, 2.24) is 14.3 Å². The van der Waals surface area contributed by atoms with Crippen molar-refractivity contribution in [1.29, 1.82) is 0 Å². The molecule has 0 spiro atoms. The first-order chi connectivity index (χ1) is 10.7. The molecule has 0 N–H and O–H groups in total. The molecule has 4 heteroatoms. The predicted molar refractivity (Wildman–Crippen MR) is 94.5 cm³/mol. The zero-order chi connectivity index (χ0) is 15.5. The van der Waals surface area contributed by atoms with Gasteiger partial charge >= 0.3 is 0 Å². The second-order valence-corrected chi connectivity index (χ2v) is 6.79. The summed E-state index contributed by atoms with van der Waals surface area (Å²) in [7, 11) is 2.19. The third-order valence-electron chi connectivity index (χ3n) is 4.00. The number of thiazole rings is 1. The van der Waals surface area contributed by atoms with Crippen molar-refractivity contribution in [3.05, 3.63) is 47.1 Å². The quantitative estimate of drug-likeness (QED) is 0.663. The molecule has 3 nitrogen and oxygen atoms in total. The summed E-state index contributed by atoms with van der Waals surface area (Å²) < 4.78 is 2.24. The highest BCUT2D eigenvalue weighted by Crippen LogP contribution is 2.27. The Labute approximate surface area is 136 Å². The van der Waals surface area contributed by atoms with E-state index in [-0.39, 0.29) is 0 Å². The fraction of sp³-hybridized carbons (Fsp3) is 0.389. The number of unbranched alkanes of at least 4 members (excludes halogenated alkanes) is 1. The van der Waals surface area contributed by atoms with Crippen molar-refractivity contribution >= 4 is 16.3 Å². The molecular weight excluding hydrogens is 290 g/mol. The molecule has 0 amide bonds. The molecule has 0 radical (unpaired) electrons. The number of fused-ring (bicyclic) bond motifs is 1. The van der Waals surface area contributed by atoms with Crippen LogP contribution in [0, 0.1) is 6.92 Å². The van der Waals surface area contributed by atoms with Crippen LogP contribution < -0.4 is 0 Å². The van der Waals surface area contributed by atoms with Gasteiger partial charge in [0.15, 0.2) is 4.96 Å². The highest BCUT2D eigenvalue weighted by Gasteiger charge is 2.16. The van der Waals surface area contributed by atoms with E-state index >= 15 is 0 Å². The number of hydrogen-bond acceptors (Lipinski definition) is 3. The molecule has 1 aromatic carbocycles. The van der Waals surface area contributed by atoms with Crippen LogP contribution in [0.25, 0.3) is 16.2 Å². The average molecular weight is 313 g/mol. The molecule has 0 aliphatic rings. The number of nitrogens with zero attached hydrogens (tertiary/aromatic N) is 3. The van der Waals surface area contributed by atoms with Gasteiger partial charge in [-0.1, -0.05) is 43.2 Å². The van der Waals surface area contributed by atoms with Gasteiger partial charge in [-0.3, -0.25) is 4.40 Å². The summed E-state index contributed by atoms with van der Waals surface area (Å²) in [5.41, 5.74) is 4.90. The molecule has 0 saturated carbocycles. The Hall–Kier alpha value is -1.65. The topological polar surface area (TPSA) is 20.5 Å². The standard InChI is InChI=1S/C18H23N3S/c1-4-5-10-20(3)13-16-17(15-8-6-14(2)7-9-15)19-18-21(16)11-12-22-18/h6-9,11-12H,4-5,10,13H2,1-3H3. The van der Waals surface area contributed by atoms with E-state index in [2.05, 4.69) is 66.0 Å². The van der Waals surface area contributed by atoms with Crippen LogP contribution in [0.1, 0.15) is 31.0 Å². The number of aromatic nitrogens is 2. The highest BCUT2D eigenvalue weighted by atomic mass is 32.1. The number of imidazole rings is 1. The van der Waals surface area contributed by atoms with E-state index in [4.69, 9.17) is 4.98 Å². The number of hydrogen-bond donors (Lipinski definition) is 0.